The van der Waals surface area contributed by atoms with Crippen molar-refractivity contribution in [1.82, 2.24) is 18.8 Å². The number of hydrogen-bond acceptors (Lipinski definition) is 5. The maximum absolute atomic E-state index is 14.1. The first kappa shape index (κ1) is 33.6. The zero-order valence-electron chi connectivity index (χ0n) is 27.3. The molecule has 49 heavy (non-hydrogen) atoms. The molecule has 2 radical (unpaired) electrons. The third-order valence-corrected chi connectivity index (χ3v) is 9.92. The van der Waals surface area contributed by atoms with Crippen molar-refractivity contribution >= 4 is 98.0 Å². The molecule has 0 spiro atoms. The van der Waals surface area contributed by atoms with E-state index in [9.17, 15) is 9.59 Å². The van der Waals surface area contributed by atoms with Gasteiger partial charge in [0.1, 0.15) is 17.0 Å². The molecule has 0 aliphatic rings. The molecular formula is C40H26N4O3Y2-2. The van der Waals surface area contributed by atoms with Crippen LogP contribution in [-0.4, -0.2) is 25.9 Å². The van der Waals surface area contributed by atoms with Gasteiger partial charge in [-0.15, -0.1) is 0 Å². The SMILES string of the molecule is COc1ccc2c(c1)nc1c3ccc4c5ccc6c(=O)n7c8ccc(C)cc8nc7c7ccc(c8ccc(c(=O)n21)c3c84)c5c67.[CH3-].[CH3-].[Y].[Y]. The Morgan fingerprint density at radius 2 is 0.898 bits per heavy atom. The van der Waals surface area contributed by atoms with Gasteiger partial charge in [-0.25, -0.2) is 9.97 Å². The molecule has 4 aromatic heterocycles. The quantitative estimate of drug-likeness (QED) is 0.0949. The molecule has 0 aliphatic carbocycles. The fourth-order valence-electron chi connectivity index (χ4n) is 8.01. The van der Waals surface area contributed by atoms with Gasteiger partial charge in [-0.3, -0.25) is 18.4 Å². The van der Waals surface area contributed by atoms with Crippen molar-refractivity contribution in [3.8, 4) is 5.75 Å². The van der Waals surface area contributed by atoms with Crippen LogP contribution in [0.3, 0.4) is 0 Å². The number of methoxy groups -OCH3 is 1. The van der Waals surface area contributed by atoms with Crippen molar-refractivity contribution < 1.29 is 70.2 Å². The first-order valence-electron chi connectivity index (χ1n) is 14.9. The standard InChI is InChI=1S/C38H20N4O3.2CH3.2Y/c1-17-3-13-29-27(15-17)39-35-23-9-5-19-22-8-12-26-34-24(36-40-28-16-18(45-2)4-14-30(28)42(36)38(26)44)10-6-20(32(22)34)21-7-11-25(33(23)31(19)21)37(43)41(29)35;;;;/h3-16H,1-2H3;2*1H3;;/q;2*-1;;. The van der Waals surface area contributed by atoms with Gasteiger partial charge in [-0.1, -0.05) is 30.3 Å². The van der Waals surface area contributed by atoms with E-state index >= 15 is 0 Å². The first-order chi connectivity index (χ1) is 22.0. The van der Waals surface area contributed by atoms with Gasteiger partial charge >= 0.3 is 0 Å². The van der Waals surface area contributed by atoms with Crippen LogP contribution in [-0.2, 0) is 65.4 Å². The van der Waals surface area contributed by atoms with Crippen LogP contribution in [0.5, 0.6) is 5.75 Å². The Morgan fingerprint density at radius 3 is 1.37 bits per heavy atom. The minimum absolute atomic E-state index is 0. The molecule has 232 valence electrons. The molecule has 0 atom stereocenters. The first-order valence-corrected chi connectivity index (χ1v) is 14.9. The summed E-state index contributed by atoms with van der Waals surface area (Å²) in [6.07, 6.45) is 0. The van der Waals surface area contributed by atoms with E-state index in [0.717, 1.165) is 76.0 Å². The number of rotatable bonds is 1. The summed E-state index contributed by atoms with van der Waals surface area (Å²) in [5, 5.41) is 11.3. The van der Waals surface area contributed by atoms with Gasteiger partial charge in [-0.05, 0) is 93.3 Å². The Bertz CT molecular complexity index is 3240. The van der Waals surface area contributed by atoms with Crippen molar-refractivity contribution in [2.75, 3.05) is 7.11 Å². The molecule has 0 unspecified atom stereocenters. The third-order valence-electron chi connectivity index (χ3n) is 9.92. The third kappa shape index (κ3) is 3.99. The molecule has 4 heterocycles. The van der Waals surface area contributed by atoms with Crippen molar-refractivity contribution in [3.05, 3.63) is 126 Å². The molecule has 11 aromatic rings. The predicted octanol–water partition coefficient (Wildman–Crippen LogP) is 8.45. The number of aromatic nitrogens is 4. The van der Waals surface area contributed by atoms with Crippen LogP contribution < -0.4 is 15.9 Å². The fourth-order valence-corrected chi connectivity index (χ4v) is 8.01. The zero-order valence-corrected chi connectivity index (χ0v) is 32.9. The second kappa shape index (κ2) is 11.3. The van der Waals surface area contributed by atoms with Crippen molar-refractivity contribution in [2.24, 2.45) is 0 Å². The molecule has 9 heteroatoms. The van der Waals surface area contributed by atoms with E-state index in [0.29, 0.717) is 33.3 Å². The predicted molar refractivity (Wildman–Crippen MR) is 194 cm³/mol. The summed E-state index contributed by atoms with van der Waals surface area (Å²) >= 11 is 0. The monoisotopic (exact) mass is 788 g/mol. The number of imidazole rings is 2. The van der Waals surface area contributed by atoms with Crippen molar-refractivity contribution in [2.45, 2.75) is 6.92 Å². The van der Waals surface area contributed by atoms with Gasteiger partial charge in [0, 0.05) is 104 Å². The van der Waals surface area contributed by atoms with E-state index in [1.54, 1.807) is 15.9 Å². The summed E-state index contributed by atoms with van der Waals surface area (Å²) in [6, 6.07) is 28.1. The number of fused-ring (bicyclic) bond motifs is 10. The number of benzene rings is 7. The van der Waals surface area contributed by atoms with Gasteiger partial charge in [0.25, 0.3) is 11.1 Å². The van der Waals surface area contributed by atoms with E-state index in [1.165, 1.54) is 0 Å². The Kier molecular flexibility index (Phi) is 7.77. The molecule has 11 rings (SSSR count). The topological polar surface area (TPSA) is 78.0 Å². The molecule has 0 fully saturated rings. The largest absolute Gasteiger partial charge is 0.497 e. The number of pyridine rings is 2. The van der Waals surface area contributed by atoms with Crippen LogP contribution in [0.2, 0.25) is 0 Å². The normalized spacial score (nSPS) is 11.8. The summed E-state index contributed by atoms with van der Waals surface area (Å²) in [5.74, 6) is 0.695. The van der Waals surface area contributed by atoms with E-state index in [4.69, 9.17) is 14.7 Å². The zero-order chi connectivity index (χ0) is 29.9. The Hall–Kier alpha value is -3.87. The Labute approximate surface area is 329 Å². The smallest absolute Gasteiger partial charge is 0.264 e. The number of aryl methyl sites for hydroxylation is 1. The molecule has 0 saturated heterocycles. The second-order valence-corrected chi connectivity index (χ2v) is 12.1. The molecule has 0 amide bonds. The van der Waals surface area contributed by atoms with Gasteiger partial charge in [0.2, 0.25) is 0 Å². The second-order valence-electron chi connectivity index (χ2n) is 12.1. The molecule has 0 bridgehead atoms. The van der Waals surface area contributed by atoms with Crippen LogP contribution in [0.1, 0.15) is 5.56 Å². The maximum atomic E-state index is 14.1. The summed E-state index contributed by atoms with van der Waals surface area (Å²) < 4.78 is 8.90. The summed E-state index contributed by atoms with van der Waals surface area (Å²) in [4.78, 5) is 38.1. The van der Waals surface area contributed by atoms with Crippen LogP contribution in [0.15, 0.2) is 94.5 Å². The minimum Gasteiger partial charge on any atom is -0.497 e. The Balaban J connectivity index is 0.000000945. The van der Waals surface area contributed by atoms with Gasteiger partial charge in [0.05, 0.1) is 29.2 Å². The van der Waals surface area contributed by atoms with E-state index in [-0.39, 0.29) is 91.4 Å². The van der Waals surface area contributed by atoms with Crippen LogP contribution in [0.4, 0.5) is 0 Å². The number of nitrogens with zero attached hydrogens (tertiary/aromatic N) is 4. The summed E-state index contributed by atoms with van der Waals surface area (Å²) in [6.45, 7) is 2.04. The fraction of sp³-hybridized carbons (Fsp3) is 0.0500. The molecule has 0 N–H and O–H groups in total. The van der Waals surface area contributed by atoms with E-state index in [1.807, 2.05) is 55.5 Å². The average molecular weight is 788 g/mol. The molecule has 0 saturated carbocycles. The van der Waals surface area contributed by atoms with Gasteiger partial charge in [0.15, 0.2) is 0 Å². The minimum atomic E-state index is -0.0929. The molecule has 7 aromatic carbocycles. The van der Waals surface area contributed by atoms with Gasteiger partial charge in [-0.2, -0.15) is 0 Å². The molecule has 0 aliphatic heterocycles. The molecule has 7 nitrogen and oxygen atoms in total. The summed E-state index contributed by atoms with van der Waals surface area (Å²) in [7, 11) is 1.63. The maximum Gasteiger partial charge on any atom is 0.264 e. The van der Waals surface area contributed by atoms with Crippen molar-refractivity contribution in [1.29, 1.82) is 0 Å². The number of ether oxygens (including phenoxy) is 1. The number of hydrogen-bond donors (Lipinski definition) is 0. The average Bonchev–Trinajstić information content (AvgIpc) is 3.64. The Morgan fingerprint density at radius 1 is 0.510 bits per heavy atom. The van der Waals surface area contributed by atoms with Crippen LogP contribution in [0, 0.1) is 21.8 Å². The van der Waals surface area contributed by atoms with Gasteiger partial charge < -0.3 is 19.6 Å². The summed E-state index contributed by atoms with van der Waals surface area (Å²) in [5.41, 5.74) is 5.35. The molecular weight excluding hydrogens is 762 g/mol. The van der Waals surface area contributed by atoms with E-state index in [2.05, 4.69) is 36.4 Å². The van der Waals surface area contributed by atoms with E-state index < -0.39 is 0 Å². The van der Waals surface area contributed by atoms with Crippen LogP contribution >= 0.6 is 0 Å². The van der Waals surface area contributed by atoms with Crippen LogP contribution in [0.25, 0.3) is 98.0 Å². The van der Waals surface area contributed by atoms with Crippen molar-refractivity contribution in [3.63, 3.8) is 0 Å².